The SMILES string of the molecule is [CH2]CCCc1nc(CCCCCCCCCCCCCCCCCCCCCCC)nc(CCCCCCCCCCCCCCCCCCCCCCC)n1. The third kappa shape index (κ3) is 38.5. The van der Waals surface area contributed by atoms with E-state index in [4.69, 9.17) is 15.0 Å². The minimum atomic E-state index is 0.949. The van der Waals surface area contributed by atoms with Crippen molar-refractivity contribution < 1.29 is 0 Å². The van der Waals surface area contributed by atoms with Gasteiger partial charge in [0.05, 0.1) is 0 Å². The van der Waals surface area contributed by atoms with Gasteiger partial charge in [-0.1, -0.05) is 284 Å². The highest BCUT2D eigenvalue weighted by atomic mass is 15.0. The Morgan fingerprint density at radius 3 is 0.571 bits per heavy atom. The van der Waals surface area contributed by atoms with Crippen LogP contribution in [0, 0.1) is 6.92 Å². The summed E-state index contributed by atoms with van der Waals surface area (Å²) in [6.07, 6.45) is 65.0. The van der Waals surface area contributed by atoms with Crippen molar-refractivity contribution in [3.05, 3.63) is 24.4 Å². The second-order valence-electron chi connectivity index (χ2n) is 18.2. The Labute approximate surface area is 353 Å². The highest BCUT2D eigenvalue weighted by molar-refractivity contribution is 4.99. The largest absolute Gasteiger partial charge is 0.218 e. The van der Waals surface area contributed by atoms with E-state index in [1.165, 1.54) is 270 Å². The van der Waals surface area contributed by atoms with Gasteiger partial charge in [-0.25, -0.2) is 15.0 Å². The van der Waals surface area contributed by atoms with E-state index in [1.54, 1.807) is 0 Å². The van der Waals surface area contributed by atoms with Crippen LogP contribution in [0.2, 0.25) is 0 Å². The topological polar surface area (TPSA) is 38.7 Å². The zero-order valence-corrected chi connectivity index (χ0v) is 38.8. The maximum atomic E-state index is 4.95. The third-order valence-electron chi connectivity index (χ3n) is 12.4. The number of aryl methyl sites for hydroxylation is 3. The van der Waals surface area contributed by atoms with Gasteiger partial charge in [-0.3, -0.25) is 0 Å². The lowest BCUT2D eigenvalue weighted by Crippen LogP contribution is -2.08. The van der Waals surface area contributed by atoms with E-state index in [0.717, 1.165) is 49.6 Å². The van der Waals surface area contributed by atoms with Crippen molar-refractivity contribution >= 4 is 0 Å². The lowest BCUT2D eigenvalue weighted by atomic mass is 10.0. The molecule has 3 heteroatoms. The Balaban J connectivity index is 1.97. The van der Waals surface area contributed by atoms with Gasteiger partial charge in [0.2, 0.25) is 0 Å². The molecule has 0 unspecified atom stereocenters. The molecule has 1 aromatic rings. The molecule has 0 amide bonds. The molecule has 0 aliphatic rings. The van der Waals surface area contributed by atoms with Crippen molar-refractivity contribution in [3.63, 3.8) is 0 Å². The van der Waals surface area contributed by atoms with Gasteiger partial charge < -0.3 is 0 Å². The molecular formula is C53H102N3. The molecule has 0 fully saturated rings. The standard InChI is InChI=1S/C53H102N3/c1-4-7-10-12-14-16-18-20-22-24-26-28-30-32-34-36-38-40-42-44-46-49-52-54-51(48-9-6-3)55-53(56-52)50-47-45-43-41-39-37-35-33-31-29-27-25-23-21-19-17-15-13-11-8-5-2/h3-50H2,1-2H3. The van der Waals surface area contributed by atoms with E-state index < -0.39 is 0 Å². The van der Waals surface area contributed by atoms with Crippen LogP contribution in [-0.4, -0.2) is 15.0 Å². The molecular weight excluding hydrogens is 679 g/mol. The molecule has 0 saturated heterocycles. The molecule has 0 aliphatic carbocycles. The Hall–Kier alpha value is -0.990. The van der Waals surface area contributed by atoms with Crippen LogP contribution in [0.1, 0.15) is 314 Å². The molecule has 0 N–H and O–H groups in total. The zero-order chi connectivity index (χ0) is 40.1. The summed E-state index contributed by atoms with van der Waals surface area (Å²) in [7, 11) is 0. The predicted octanol–water partition coefficient (Wildman–Crippen LogP) is 18.5. The van der Waals surface area contributed by atoms with E-state index in [9.17, 15) is 0 Å². The van der Waals surface area contributed by atoms with Gasteiger partial charge in [0.1, 0.15) is 17.5 Å². The van der Waals surface area contributed by atoms with E-state index in [1.807, 2.05) is 0 Å². The highest BCUT2D eigenvalue weighted by Crippen LogP contribution is 2.18. The van der Waals surface area contributed by atoms with Crippen molar-refractivity contribution in [1.29, 1.82) is 0 Å². The quantitative estimate of drug-likeness (QED) is 0.0618. The van der Waals surface area contributed by atoms with Crippen molar-refractivity contribution in [2.75, 3.05) is 0 Å². The van der Waals surface area contributed by atoms with Gasteiger partial charge in [0, 0.05) is 19.3 Å². The number of nitrogens with zero attached hydrogens (tertiary/aromatic N) is 3. The first-order valence-corrected chi connectivity index (χ1v) is 26.3. The summed E-state index contributed by atoms with van der Waals surface area (Å²) < 4.78 is 0. The van der Waals surface area contributed by atoms with Gasteiger partial charge in [0.25, 0.3) is 0 Å². The molecule has 0 aromatic carbocycles. The first-order chi connectivity index (χ1) is 27.8. The molecule has 3 nitrogen and oxygen atoms in total. The number of rotatable bonds is 47. The summed E-state index contributed by atoms with van der Waals surface area (Å²) in [6.45, 7) is 8.66. The summed E-state index contributed by atoms with van der Waals surface area (Å²) in [5.41, 5.74) is 0. The minimum absolute atomic E-state index is 0.949. The van der Waals surface area contributed by atoms with Crippen LogP contribution < -0.4 is 0 Å². The fourth-order valence-corrected chi connectivity index (χ4v) is 8.57. The Morgan fingerprint density at radius 2 is 0.393 bits per heavy atom. The molecule has 329 valence electrons. The van der Waals surface area contributed by atoms with Gasteiger partial charge >= 0.3 is 0 Å². The average molecular weight is 781 g/mol. The molecule has 1 rings (SSSR count). The second kappa shape index (κ2) is 45.1. The monoisotopic (exact) mass is 781 g/mol. The third-order valence-corrected chi connectivity index (χ3v) is 12.4. The number of hydrogen-bond donors (Lipinski definition) is 0. The lowest BCUT2D eigenvalue weighted by Gasteiger charge is -2.08. The van der Waals surface area contributed by atoms with Gasteiger partial charge in [0.15, 0.2) is 0 Å². The van der Waals surface area contributed by atoms with Crippen LogP contribution >= 0.6 is 0 Å². The Morgan fingerprint density at radius 1 is 0.232 bits per heavy atom. The van der Waals surface area contributed by atoms with Crippen LogP contribution in [0.4, 0.5) is 0 Å². The van der Waals surface area contributed by atoms with Crippen LogP contribution in [0.5, 0.6) is 0 Å². The number of hydrogen-bond acceptors (Lipinski definition) is 3. The van der Waals surface area contributed by atoms with E-state index in [0.29, 0.717) is 0 Å². The van der Waals surface area contributed by atoms with Crippen molar-refractivity contribution in [2.45, 2.75) is 316 Å². The first-order valence-electron chi connectivity index (χ1n) is 26.3. The Kier molecular flexibility index (Phi) is 42.7. The van der Waals surface area contributed by atoms with Crippen LogP contribution in [0.3, 0.4) is 0 Å². The summed E-state index contributed by atoms with van der Waals surface area (Å²) in [5.74, 6) is 3.12. The molecule has 56 heavy (non-hydrogen) atoms. The van der Waals surface area contributed by atoms with Crippen molar-refractivity contribution in [2.24, 2.45) is 0 Å². The fourth-order valence-electron chi connectivity index (χ4n) is 8.57. The molecule has 0 bridgehead atoms. The highest BCUT2D eigenvalue weighted by Gasteiger charge is 2.08. The van der Waals surface area contributed by atoms with E-state index in [-0.39, 0.29) is 0 Å². The minimum Gasteiger partial charge on any atom is -0.218 e. The van der Waals surface area contributed by atoms with Crippen LogP contribution in [0.15, 0.2) is 0 Å². The average Bonchev–Trinajstić information content (AvgIpc) is 3.21. The first kappa shape index (κ1) is 53.0. The van der Waals surface area contributed by atoms with Gasteiger partial charge in [-0.2, -0.15) is 0 Å². The van der Waals surface area contributed by atoms with Gasteiger partial charge in [-0.05, 0) is 19.3 Å². The van der Waals surface area contributed by atoms with Gasteiger partial charge in [-0.15, -0.1) is 0 Å². The van der Waals surface area contributed by atoms with Crippen molar-refractivity contribution in [1.82, 2.24) is 15.0 Å². The maximum absolute atomic E-state index is 4.95. The van der Waals surface area contributed by atoms with Crippen LogP contribution in [-0.2, 0) is 19.3 Å². The summed E-state index contributed by atoms with van der Waals surface area (Å²) in [6, 6.07) is 0. The van der Waals surface area contributed by atoms with E-state index >= 15 is 0 Å². The summed E-state index contributed by atoms with van der Waals surface area (Å²) in [5, 5.41) is 0. The Bertz CT molecular complexity index is 819. The zero-order valence-electron chi connectivity index (χ0n) is 38.8. The van der Waals surface area contributed by atoms with Crippen molar-refractivity contribution in [3.8, 4) is 0 Å². The fraction of sp³-hybridized carbons (Fsp3) is 0.925. The second-order valence-corrected chi connectivity index (χ2v) is 18.2. The molecule has 1 aromatic heterocycles. The maximum Gasteiger partial charge on any atom is 0.132 e. The molecule has 1 radical (unpaired) electrons. The van der Waals surface area contributed by atoms with E-state index in [2.05, 4.69) is 20.8 Å². The smallest absolute Gasteiger partial charge is 0.132 e. The molecule has 0 aliphatic heterocycles. The number of aromatic nitrogens is 3. The molecule has 1 heterocycles. The normalized spacial score (nSPS) is 11.6. The number of unbranched alkanes of at least 4 members (excludes halogenated alkanes) is 41. The molecule has 0 atom stereocenters. The summed E-state index contributed by atoms with van der Waals surface area (Å²) in [4.78, 5) is 14.7. The molecule has 0 saturated carbocycles. The lowest BCUT2D eigenvalue weighted by molar-refractivity contribution is 0.519. The van der Waals surface area contributed by atoms with Crippen LogP contribution in [0.25, 0.3) is 0 Å². The molecule has 0 spiro atoms. The predicted molar refractivity (Wildman–Crippen MR) is 251 cm³/mol. The summed E-state index contributed by atoms with van der Waals surface area (Å²) >= 11 is 0.